The van der Waals surface area contributed by atoms with Crippen molar-refractivity contribution in [2.75, 3.05) is 0 Å². The second kappa shape index (κ2) is 5.12. The Balaban J connectivity index is 1.89. The van der Waals surface area contributed by atoms with Gasteiger partial charge in [-0.25, -0.2) is 4.68 Å². The maximum atomic E-state index is 12.2. The van der Waals surface area contributed by atoms with Crippen LogP contribution in [0.4, 0.5) is 5.69 Å². The van der Waals surface area contributed by atoms with E-state index in [-0.39, 0.29) is 23.6 Å². The van der Waals surface area contributed by atoms with E-state index < -0.39 is 4.92 Å². The van der Waals surface area contributed by atoms with Crippen LogP contribution < -0.4 is 0 Å². The number of para-hydroxylation sites is 1. The summed E-state index contributed by atoms with van der Waals surface area (Å²) in [5.41, 5.74) is 1.62. The van der Waals surface area contributed by atoms with E-state index in [9.17, 15) is 14.9 Å². The number of non-ortho nitro benzene ring substituents is 1. The fraction of sp³-hybridized carbons (Fsp3) is 0.0714. The molecule has 0 saturated carbocycles. The second-order valence-electron chi connectivity index (χ2n) is 4.47. The fourth-order valence-corrected chi connectivity index (χ4v) is 2.05. The summed E-state index contributed by atoms with van der Waals surface area (Å²) in [6.45, 7) is -0.0122. The summed E-state index contributed by atoms with van der Waals surface area (Å²) in [4.78, 5) is 22.4. The van der Waals surface area contributed by atoms with Crippen LogP contribution in [-0.4, -0.2) is 25.7 Å². The normalized spacial score (nSPS) is 10.7. The van der Waals surface area contributed by atoms with E-state index in [2.05, 4.69) is 10.3 Å². The smallest absolute Gasteiger partial charge is 0.270 e. The highest BCUT2D eigenvalue weighted by Crippen LogP contribution is 2.15. The molecule has 0 aliphatic heterocycles. The van der Waals surface area contributed by atoms with Gasteiger partial charge in [0.15, 0.2) is 5.78 Å². The molecule has 0 aliphatic rings. The highest BCUT2D eigenvalue weighted by Gasteiger charge is 2.14. The zero-order valence-electron chi connectivity index (χ0n) is 10.8. The van der Waals surface area contributed by atoms with Gasteiger partial charge in [-0.2, -0.15) is 0 Å². The maximum absolute atomic E-state index is 12.2. The Bertz CT molecular complexity index is 841. The van der Waals surface area contributed by atoms with Gasteiger partial charge in [0.25, 0.3) is 5.69 Å². The Morgan fingerprint density at radius 2 is 2.00 bits per heavy atom. The number of Topliss-reactive ketones (excluding diaryl/α,β-unsaturated/α-hetero) is 1. The summed E-state index contributed by atoms with van der Waals surface area (Å²) in [7, 11) is 0. The van der Waals surface area contributed by atoms with Gasteiger partial charge in [0.05, 0.1) is 10.4 Å². The van der Waals surface area contributed by atoms with Crippen LogP contribution in [0.3, 0.4) is 0 Å². The molecule has 1 aromatic heterocycles. The molecule has 21 heavy (non-hydrogen) atoms. The van der Waals surface area contributed by atoms with Crippen molar-refractivity contribution in [2.45, 2.75) is 6.54 Å². The second-order valence-corrected chi connectivity index (χ2v) is 4.47. The highest BCUT2D eigenvalue weighted by atomic mass is 16.6. The van der Waals surface area contributed by atoms with Crippen molar-refractivity contribution in [2.24, 2.45) is 0 Å². The predicted octanol–water partition coefficient (Wildman–Crippen LogP) is 2.22. The first kappa shape index (κ1) is 12.9. The quantitative estimate of drug-likeness (QED) is 0.415. The van der Waals surface area contributed by atoms with E-state index in [1.807, 2.05) is 18.2 Å². The number of fused-ring (bicyclic) bond motifs is 1. The Hall–Kier alpha value is -3.09. The molecule has 7 nitrogen and oxygen atoms in total. The van der Waals surface area contributed by atoms with Crippen LogP contribution in [0.25, 0.3) is 11.0 Å². The molecule has 3 aromatic rings. The number of carbonyl (C=O) groups excluding carboxylic acids is 1. The summed E-state index contributed by atoms with van der Waals surface area (Å²) in [5, 5.41) is 18.6. The van der Waals surface area contributed by atoms with Gasteiger partial charge in [0, 0.05) is 17.7 Å². The lowest BCUT2D eigenvalue weighted by atomic mass is 10.1. The van der Waals surface area contributed by atoms with Crippen LogP contribution in [0.15, 0.2) is 48.5 Å². The van der Waals surface area contributed by atoms with Gasteiger partial charge in [-0.3, -0.25) is 14.9 Å². The monoisotopic (exact) mass is 282 g/mol. The Kier molecular flexibility index (Phi) is 3.15. The number of carbonyl (C=O) groups is 1. The average Bonchev–Trinajstić information content (AvgIpc) is 2.91. The molecular formula is C14H10N4O3. The summed E-state index contributed by atoms with van der Waals surface area (Å²) in [5.74, 6) is -0.255. The molecule has 0 bridgehead atoms. The lowest BCUT2D eigenvalue weighted by Gasteiger charge is -2.02. The van der Waals surface area contributed by atoms with Crippen LogP contribution >= 0.6 is 0 Å². The summed E-state index contributed by atoms with van der Waals surface area (Å²) in [6, 6.07) is 12.9. The standard InChI is InChI=1S/C14H10N4O3/c19-14(10-4-3-5-11(8-10)18(20)21)9-17-13-7-2-1-6-12(13)15-16-17/h1-8H,9H2. The molecule has 104 valence electrons. The maximum Gasteiger partial charge on any atom is 0.270 e. The highest BCUT2D eigenvalue weighted by molar-refractivity contribution is 5.97. The minimum absolute atomic E-state index is 0.0122. The van der Waals surface area contributed by atoms with E-state index in [0.29, 0.717) is 5.52 Å². The van der Waals surface area contributed by atoms with Gasteiger partial charge in [0.2, 0.25) is 0 Å². The number of nitrogens with zero attached hydrogens (tertiary/aromatic N) is 4. The van der Waals surface area contributed by atoms with Crippen LogP contribution in [0, 0.1) is 10.1 Å². The Morgan fingerprint density at radius 3 is 2.81 bits per heavy atom. The molecular weight excluding hydrogens is 272 g/mol. The molecule has 0 radical (unpaired) electrons. The molecule has 0 aliphatic carbocycles. The van der Waals surface area contributed by atoms with Crippen LogP contribution in [0.1, 0.15) is 10.4 Å². The molecule has 0 N–H and O–H groups in total. The van der Waals surface area contributed by atoms with E-state index in [0.717, 1.165) is 5.52 Å². The molecule has 0 unspecified atom stereocenters. The average molecular weight is 282 g/mol. The number of rotatable bonds is 4. The first-order valence-electron chi connectivity index (χ1n) is 6.21. The topological polar surface area (TPSA) is 90.9 Å². The van der Waals surface area contributed by atoms with Crippen molar-refractivity contribution in [1.82, 2.24) is 15.0 Å². The number of nitro benzene ring substituents is 1. The van der Waals surface area contributed by atoms with Gasteiger partial charge in [-0.05, 0) is 12.1 Å². The van der Waals surface area contributed by atoms with Crippen molar-refractivity contribution in [3.63, 3.8) is 0 Å². The third kappa shape index (κ3) is 2.48. The molecule has 7 heteroatoms. The predicted molar refractivity (Wildman–Crippen MR) is 75.0 cm³/mol. The molecule has 3 rings (SSSR count). The van der Waals surface area contributed by atoms with E-state index in [4.69, 9.17) is 0 Å². The van der Waals surface area contributed by atoms with E-state index in [1.54, 1.807) is 12.1 Å². The number of aromatic nitrogens is 3. The third-order valence-corrected chi connectivity index (χ3v) is 3.09. The molecule has 0 spiro atoms. The van der Waals surface area contributed by atoms with Gasteiger partial charge >= 0.3 is 0 Å². The molecule has 0 atom stereocenters. The van der Waals surface area contributed by atoms with Crippen molar-refractivity contribution < 1.29 is 9.72 Å². The van der Waals surface area contributed by atoms with Crippen LogP contribution in [-0.2, 0) is 6.54 Å². The van der Waals surface area contributed by atoms with Gasteiger partial charge in [-0.15, -0.1) is 5.10 Å². The lowest BCUT2D eigenvalue weighted by Crippen LogP contribution is -2.12. The molecule has 0 saturated heterocycles. The fourth-order valence-electron chi connectivity index (χ4n) is 2.05. The van der Waals surface area contributed by atoms with Gasteiger partial charge < -0.3 is 0 Å². The number of nitro groups is 1. The Morgan fingerprint density at radius 1 is 1.19 bits per heavy atom. The molecule has 2 aromatic carbocycles. The van der Waals surface area contributed by atoms with Crippen molar-refractivity contribution in [3.05, 3.63) is 64.2 Å². The number of hydrogen-bond acceptors (Lipinski definition) is 5. The van der Waals surface area contributed by atoms with Crippen molar-refractivity contribution in [1.29, 1.82) is 0 Å². The molecule has 0 fully saturated rings. The molecule has 0 amide bonds. The molecule has 1 heterocycles. The zero-order valence-corrected chi connectivity index (χ0v) is 10.8. The third-order valence-electron chi connectivity index (χ3n) is 3.09. The Labute approximate surface area is 119 Å². The van der Waals surface area contributed by atoms with E-state index >= 15 is 0 Å². The first-order chi connectivity index (χ1) is 10.1. The van der Waals surface area contributed by atoms with Crippen LogP contribution in [0.2, 0.25) is 0 Å². The number of hydrogen-bond donors (Lipinski definition) is 0. The van der Waals surface area contributed by atoms with E-state index in [1.165, 1.54) is 22.9 Å². The zero-order chi connectivity index (χ0) is 14.8. The number of benzene rings is 2. The minimum Gasteiger partial charge on any atom is -0.292 e. The largest absolute Gasteiger partial charge is 0.292 e. The number of ketones is 1. The summed E-state index contributed by atoms with van der Waals surface area (Å²) < 4.78 is 1.48. The van der Waals surface area contributed by atoms with Gasteiger partial charge in [-0.1, -0.05) is 29.5 Å². The lowest BCUT2D eigenvalue weighted by molar-refractivity contribution is -0.384. The van der Waals surface area contributed by atoms with Crippen LogP contribution in [0.5, 0.6) is 0 Å². The SMILES string of the molecule is O=C(Cn1nnc2ccccc21)c1cccc([N+](=O)[O-])c1. The van der Waals surface area contributed by atoms with Gasteiger partial charge in [0.1, 0.15) is 12.1 Å². The summed E-state index contributed by atoms with van der Waals surface area (Å²) >= 11 is 0. The van der Waals surface area contributed by atoms with Crippen molar-refractivity contribution in [3.8, 4) is 0 Å². The van der Waals surface area contributed by atoms with Crippen molar-refractivity contribution >= 4 is 22.5 Å². The first-order valence-corrected chi connectivity index (χ1v) is 6.21. The minimum atomic E-state index is -0.526. The summed E-state index contributed by atoms with van der Waals surface area (Å²) in [6.07, 6.45) is 0.